The molecule has 3 fully saturated rings. The molecular formula is C41H53NO12. The van der Waals surface area contributed by atoms with Gasteiger partial charge in [-0.05, 0) is 43.5 Å². The third kappa shape index (κ3) is 5.90. The van der Waals surface area contributed by atoms with Crippen LogP contribution in [0.1, 0.15) is 71.2 Å². The van der Waals surface area contributed by atoms with E-state index in [9.17, 15) is 24.6 Å². The first kappa shape index (κ1) is 40.0. The maximum absolute atomic E-state index is 15.4. The molecule has 54 heavy (non-hydrogen) atoms. The Labute approximate surface area is 315 Å². The van der Waals surface area contributed by atoms with Gasteiger partial charge in [-0.25, -0.2) is 9.59 Å². The van der Waals surface area contributed by atoms with E-state index in [1.807, 2.05) is 25.2 Å². The number of carbonyl (C=O) groups excluding carboxylic acids is 4. The lowest BCUT2D eigenvalue weighted by atomic mass is 9.44. The lowest BCUT2D eigenvalue weighted by Gasteiger charge is -2.67. The summed E-state index contributed by atoms with van der Waals surface area (Å²) in [6, 6.07) is 7.14. The number of ketones is 1. The van der Waals surface area contributed by atoms with Gasteiger partial charge in [0.2, 0.25) is 0 Å². The first-order chi connectivity index (χ1) is 25.3. The van der Waals surface area contributed by atoms with Crippen LogP contribution in [0.15, 0.2) is 65.8 Å². The Balaban J connectivity index is 1.55. The Hall–Kier alpha value is -3.72. The number of methoxy groups -OCH3 is 2. The van der Waals surface area contributed by atoms with Crippen LogP contribution in [-0.4, -0.2) is 109 Å². The zero-order valence-electron chi connectivity index (χ0n) is 32.2. The number of fused-ring (bicyclic) bond motifs is 5. The molecular weight excluding hydrogens is 698 g/mol. The van der Waals surface area contributed by atoms with E-state index < -0.39 is 99.7 Å². The van der Waals surface area contributed by atoms with Crippen LogP contribution in [0.4, 0.5) is 0 Å². The smallest absolute Gasteiger partial charge is 0.338 e. The highest BCUT2D eigenvalue weighted by molar-refractivity contribution is 5.94. The average molecular weight is 752 g/mol. The van der Waals surface area contributed by atoms with Gasteiger partial charge in [-0.15, -0.1) is 0 Å². The molecule has 1 unspecified atom stereocenters. The molecule has 4 N–H and O–H groups in total. The van der Waals surface area contributed by atoms with Crippen LogP contribution in [0, 0.1) is 22.2 Å². The molecule has 0 aromatic heterocycles. The van der Waals surface area contributed by atoms with Crippen molar-refractivity contribution in [3.63, 3.8) is 0 Å². The highest BCUT2D eigenvalue weighted by atomic mass is 16.6. The number of esters is 3. The van der Waals surface area contributed by atoms with Gasteiger partial charge in [0.25, 0.3) is 0 Å². The lowest BCUT2D eigenvalue weighted by Crippen LogP contribution is -2.82. The maximum atomic E-state index is 15.4. The number of aliphatic hydroxyl groups is 2. The Morgan fingerprint density at radius 1 is 1.02 bits per heavy atom. The van der Waals surface area contributed by atoms with E-state index in [-0.39, 0.29) is 25.0 Å². The van der Waals surface area contributed by atoms with Gasteiger partial charge in [0, 0.05) is 44.8 Å². The fourth-order valence-electron chi connectivity index (χ4n) is 9.99. The van der Waals surface area contributed by atoms with E-state index in [1.54, 1.807) is 64.1 Å². The van der Waals surface area contributed by atoms with E-state index in [0.717, 1.165) is 0 Å². The molecule has 12 atom stereocenters. The third-order valence-corrected chi connectivity index (χ3v) is 13.3. The number of hydrogen-bond acceptors (Lipinski definition) is 13. The number of ether oxygens (including phenoxy) is 6. The topological polar surface area (TPSA) is 190 Å². The van der Waals surface area contributed by atoms with Gasteiger partial charge >= 0.3 is 17.9 Å². The van der Waals surface area contributed by atoms with Gasteiger partial charge in [0.1, 0.15) is 30.0 Å². The van der Waals surface area contributed by atoms with Crippen LogP contribution in [-0.2, 0) is 42.8 Å². The molecule has 13 nitrogen and oxygen atoms in total. The van der Waals surface area contributed by atoms with Crippen LogP contribution >= 0.6 is 0 Å². The number of nitrogens with two attached hydrogens (primary N) is 1. The van der Waals surface area contributed by atoms with Gasteiger partial charge in [0.05, 0.1) is 35.6 Å². The van der Waals surface area contributed by atoms with Gasteiger partial charge < -0.3 is 44.4 Å². The maximum Gasteiger partial charge on any atom is 0.338 e. The second-order valence-corrected chi connectivity index (χ2v) is 16.5. The molecule has 0 amide bonds. The normalized spacial score (nSPS) is 39.1. The second kappa shape index (κ2) is 14.1. The summed E-state index contributed by atoms with van der Waals surface area (Å²) in [6.07, 6.45) is 0.129. The number of benzene rings is 1. The van der Waals surface area contributed by atoms with E-state index in [0.29, 0.717) is 17.6 Å². The van der Waals surface area contributed by atoms with Crippen LogP contribution in [0.25, 0.3) is 0 Å². The zero-order valence-corrected chi connectivity index (χ0v) is 32.2. The summed E-state index contributed by atoms with van der Waals surface area (Å²) in [5, 5.41) is 24.9. The number of carbonyl (C=O) groups is 4. The Kier molecular flexibility index (Phi) is 10.4. The number of hydrogen-bond donors (Lipinski definition) is 3. The first-order valence-corrected chi connectivity index (χ1v) is 18.4. The molecule has 1 heterocycles. The van der Waals surface area contributed by atoms with Crippen molar-refractivity contribution in [3.05, 3.63) is 71.3 Å². The Morgan fingerprint density at radius 3 is 2.26 bits per heavy atom. The molecule has 0 spiro atoms. The van der Waals surface area contributed by atoms with Crippen LogP contribution < -0.4 is 5.73 Å². The highest BCUT2D eigenvalue weighted by Crippen LogP contribution is 2.64. The van der Waals surface area contributed by atoms with Crippen molar-refractivity contribution in [2.45, 2.75) is 115 Å². The van der Waals surface area contributed by atoms with Crippen LogP contribution in [0.2, 0.25) is 0 Å². The molecule has 2 bridgehead atoms. The minimum Gasteiger partial charge on any atom is -0.456 e. The zero-order chi connectivity index (χ0) is 39.6. The summed E-state index contributed by atoms with van der Waals surface area (Å²) in [5.41, 5.74) is -0.0448. The number of rotatable bonds is 9. The largest absolute Gasteiger partial charge is 0.456 e. The predicted molar refractivity (Wildman–Crippen MR) is 194 cm³/mol. The standard InChI is InChI=1S/C41H53NO12/c1-22-25(52-36(47)29(44)32(42)38(5)17-13-10-14-18-38)20-41(48)34(53-35(46)24-15-11-9-12-16-24)31-39(6,33(45)30(50-8)28(22)37(41,3)4)26(49-7)19-27-40(31,21-51-27)54-23(2)43/h9-17,25-27,29-32,34,44,48H,18-21,42H2,1-8H3/t25-,26-,27+,29+,30+,31-,32+,34-,38?,39+,40-,41+/m0/s1. The van der Waals surface area contributed by atoms with Gasteiger partial charge in [0.15, 0.2) is 17.5 Å². The molecule has 1 aromatic carbocycles. The Morgan fingerprint density at radius 2 is 1.70 bits per heavy atom. The molecule has 1 aliphatic heterocycles. The molecule has 1 aromatic rings. The summed E-state index contributed by atoms with van der Waals surface area (Å²) in [4.78, 5) is 56.4. The summed E-state index contributed by atoms with van der Waals surface area (Å²) >= 11 is 0. The number of Topliss-reactive ketones (excluding diaryl/α,β-unsaturated/α-hetero) is 1. The van der Waals surface area contributed by atoms with E-state index in [2.05, 4.69) is 0 Å². The van der Waals surface area contributed by atoms with Crippen molar-refractivity contribution in [1.82, 2.24) is 0 Å². The molecule has 294 valence electrons. The fourth-order valence-corrected chi connectivity index (χ4v) is 9.99. The minimum absolute atomic E-state index is 0.151. The first-order valence-electron chi connectivity index (χ1n) is 18.4. The SMILES string of the molecule is CO[C@H]1C(=O)[C@]2(C)[C@@H](OC)C[C@H]3OC[C@@]3(OC(C)=O)[C@H]2[C@H](OC(=O)c2ccccc2)[C@]2(O)C[C@H](OC(=O)[C@H](O)[C@@H](N)C3(C)C=CC=CC3)C(C)=C1C2(C)C. The summed E-state index contributed by atoms with van der Waals surface area (Å²) in [6.45, 7) is 9.71. The molecule has 2 saturated carbocycles. The Bertz CT molecular complexity index is 1770. The quantitative estimate of drug-likeness (QED) is 0.190. The van der Waals surface area contributed by atoms with Gasteiger partial charge in [-0.2, -0.15) is 0 Å². The summed E-state index contributed by atoms with van der Waals surface area (Å²) in [7, 11) is 2.83. The number of aliphatic hydroxyl groups excluding tert-OH is 1. The van der Waals surface area contributed by atoms with E-state index in [1.165, 1.54) is 21.1 Å². The van der Waals surface area contributed by atoms with Gasteiger partial charge in [-0.1, -0.05) is 63.3 Å². The average Bonchev–Trinajstić information content (AvgIpc) is 3.13. The van der Waals surface area contributed by atoms with E-state index >= 15 is 4.79 Å². The highest BCUT2D eigenvalue weighted by Gasteiger charge is 2.78. The minimum atomic E-state index is -2.14. The number of allylic oxidation sites excluding steroid dienone is 3. The molecule has 13 heteroatoms. The van der Waals surface area contributed by atoms with Crippen molar-refractivity contribution < 1.29 is 57.8 Å². The van der Waals surface area contributed by atoms with Crippen molar-refractivity contribution in [2.24, 2.45) is 27.9 Å². The molecule has 4 aliphatic carbocycles. The van der Waals surface area contributed by atoms with Gasteiger partial charge in [-0.3, -0.25) is 9.59 Å². The fraction of sp³-hybridized carbons (Fsp3) is 0.610. The van der Waals surface area contributed by atoms with E-state index in [4.69, 9.17) is 34.2 Å². The lowest BCUT2D eigenvalue weighted by molar-refractivity contribution is -0.347. The summed E-state index contributed by atoms with van der Waals surface area (Å²) in [5.74, 6) is -4.22. The molecule has 5 aliphatic rings. The monoisotopic (exact) mass is 751 g/mol. The molecule has 0 radical (unpaired) electrons. The predicted octanol–water partition coefficient (Wildman–Crippen LogP) is 3.15. The van der Waals surface area contributed by atoms with Crippen molar-refractivity contribution in [3.8, 4) is 0 Å². The van der Waals surface area contributed by atoms with Crippen molar-refractivity contribution >= 4 is 23.7 Å². The third-order valence-electron chi connectivity index (χ3n) is 13.3. The van der Waals surface area contributed by atoms with Crippen LogP contribution in [0.3, 0.4) is 0 Å². The second-order valence-electron chi connectivity index (χ2n) is 16.5. The van der Waals surface area contributed by atoms with Crippen molar-refractivity contribution in [2.75, 3.05) is 20.8 Å². The molecule has 6 rings (SSSR count). The van der Waals surface area contributed by atoms with Crippen LogP contribution in [0.5, 0.6) is 0 Å². The summed E-state index contributed by atoms with van der Waals surface area (Å²) < 4.78 is 36.8. The molecule has 1 saturated heterocycles. The van der Waals surface area contributed by atoms with Crippen molar-refractivity contribution in [1.29, 1.82) is 0 Å².